The summed E-state index contributed by atoms with van der Waals surface area (Å²) in [4.78, 5) is 3.78. The SMILES string of the molecule is N#Cc1n[nH]nc1-c1cccc(/C=C/c2ccc(C(F)(F)F)cn2)c1. The number of benzene rings is 1. The van der Waals surface area contributed by atoms with Gasteiger partial charge in [0.15, 0.2) is 5.69 Å². The molecule has 8 heteroatoms. The van der Waals surface area contributed by atoms with E-state index in [0.717, 1.165) is 17.8 Å². The molecule has 0 saturated carbocycles. The minimum Gasteiger partial charge on any atom is -0.256 e. The molecule has 0 saturated heterocycles. The van der Waals surface area contributed by atoms with Crippen LogP contribution in [-0.4, -0.2) is 20.4 Å². The Morgan fingerprint density at radius 2 is 1.92 bits per heavy atom. The molecule has 0 amide bonds. The number of alkyl halides is 3. The van der Waals surface area contributed by atoms with Crippen molar-refractivity contribution in [2.24, 2.45) is 0 Å². The van der Waals surface area contributed by atoms with Crippen LogP contribution in [0.4, 0.5) is 13.2 Å². The summed E-state index contributed by atoms with van der Waals surface area (Å²) in [5, 5.41) is 19.1. The van der Waals surface area contributed by atoms with Gasteiger partial charge in [0.1, 0.15) is 11.8 Å². The molecule has 0 unspecified atom stereocenters. The van der Waals surface area contributed by atoms with Gasteiger partial charge in [0, 0.05) is 11.8 Å². The van der Waals surface area contributed by atoms with E-state index in [1.54, 1.807) is 30.4 Å². The summed E-state index contributed by atoms with van der Waals surface area (Å²) in [6.07, 6.45) is -0.289. The van der Waals surface area contributed by atoms with E-state index in [1.807, 2.05) is 12.1 Å². The highest BCUT2D eigenvalue weighted by Crippen LogP contribution is 2.28. The highest BCUT2D eigenvalue weighted by atomic mass is 19.4. The highest BCUT2D eigenvalue weighted by Gasteiger charge is 2.30. The van der Waals surface area contributed by atoms with Crippen LogP contribution in [0.25, 0.3) is 23.4 Å². The Kier molecular flexibility index (Phi) is 4.31. The van der Waals surface area contributed by atoms with Crippen molar-refractivity contribution in [3.05, 3.63) is 65.1 Å². The number of halogens is 3. The molecule has 1 N–H and O–H groups in total. The molecule has 3 rings (SSSR count). The summed E-state index contributed by atoms with van der Waals surface area (Å²) >= 11 is 0. The van der Waals surface area contributed by atoms with Gasteiger partial charge in [-0.15, -0.1) is 5.10 Å². The molecule has 0 atom stereocenters. The van der Waals surface area contributed by atoms with Gasteiger partial charge in [-0.05, 0) is 29.8 Å². The van der Waals surface area contributed by atoms with Crippen LogP contribution in [0.3, 0.4) is 0 Å². The van der Waals surface area contributed by atoms with Crippen molar-refractivity contribution < 1.29 is 13.2 Å². The van der Waals surface area contributed by atoms with Crippen molar-refractivity contribution in [1.29, 1.82) is 5.26 Å². The first-order chi connectivity index (χ1) is 12.0. The molecule has 0 aliphatic rings. The lowest BCUT2D eigenvalue weighted by atomic mass is 10.1. The van der Waals surface area contributed by atoms with E-state index in [0.29, 0.717) is 17.0 Å². The number of rotatable bonds is 3. The predicted octanol–water partition coefficient (Wildman–Crippen LogP) is 3.93. The van der Waals surface area contributed by atoms with Crippen molar-refractivity contribution in [1.82, 2.24) is 20.4 Å². The molecule has 3 aromatic rings. The van der Waals surface area contributed by atoms with Crippen molar-refractivity contribution in [3.63, 3.8) is 0 Å². The zero-order chi connectivity index (χ0) is 17.9. The maximum atomic E-state index is 12.5. The molecular formula is C17H10F3N5. The van der Waals surface area contributed by atoms with Crippen LogP contribution in [0.2, 0.25) is 0 Å². The van der Waals surface area contributed by atoms with Gasteiger partial charge in [-0.3, -0.25) is 4.98 Å². The van der Waals surface area contributed by atoms with Crippen molar-refractivity contribution in [2.75, 3.05) is 0 Å². The van der Waals surface area contributed by atoms with Crippen molar-refractivity contribution in [2.45, 2.75) is 6.18 Å². The Balaban J connectivity index is 1.83. The van der Waals surface area contributed by atoms with Gasteiger partial charge >= 0.3 is 6.18 Å². The number of aromatic amines is 1. The quantitative estimate of drug-likeness (QED) is 0.783. The number of pyridine rings is 1. The fraction of sp³-hybridized carbons (Fsp3) is 0.0588. The third-order valence-corrected chi connectivity index (χ3v) is 3.37. The molecule has 0 aliphatic carbocycles. The van der Waals surface area contributed by atoms with Crippen LogP contribution >= 0.6 is 0 Å². The second-order valence-corrected chi connectivity index (χ2v) is 5.06. The van der Waals surface area contributed by atoms with Crippen molar-refractivity contribution in [3.8, 4) is 17.3 Å². The Labute approximate surface area is 140 Å². The molecule has 0 fully saturated rings. The van der Waals surface area contributed by atoms with E-state index >= 15 is 0 Å². The number of nitriles is 1. The van der Waals surface area contributed by atoms with Gasteiger partial charge in [-0.1, -0.05) is 24.3 Å². The van der Waals surface area contributed by atoms with Gasteiger partial charge in [-0.2, -0.15) is 28.7 Å². The molecule has 0 spiro atoms. The fourth-order valence-corrected chi connectivity index (χ4v) is 2.15. The third kappa shape index (κ3) is 3.72. The van der Waals surface area contributed by atoms with E-state index in [9.17, 15) is 13.2 Å². The van der Waals surface area contributed by atoms with E-state index in [1.165, 1.54) is 6.07 Å². The number of hydrogen-bond donors (Lipinski definition) is 1. The molecule has 2 heterocycles. The molecular weight excluding hydrogens is 331 g/mol. The summed E-state index contributed by atoms with van der Waals surface area (Å²) in [5.41, 5.74) is 1.72. The zero-order valence-corrected chi connectivity index (χ0v) is 12.6. The molecule has 5 nitrogen and oxygen atoms in total. The van der Waals surface area contributed by atoms with E-state index in [2.05, 4.69) is 20.4 Å². The first-order valence-corrected chi connectivity index (χ1v) is 7.10. The second kappa shape index (κ2) is 6.57. The van der Waals surface area contributed by atoms with E-state index < -0.39 is 11.7 Å². The second-order valence-electron chi connectivity index (χ2n) is 5.06. The number of nitrogens with one attached hydrogen (secondary N) is 1. The topological polar surface area (TPSA) is 78.2 Å². The van der Waals surface area contributed by atoms with Crippen LogP contribution < -0.4 is 0 Å². The fourth-order valence-electron chi connectivity index (χ4n) is 2.15. The minimum atomic E-state index is -4.40. The lowest BCUT2D eigenvalue weighted by Gasteiger charge is -2.05. The molecule has 2 aromatic heterocycles. The summed E-state index contributed by atoms with van der Waals surface area (Å²) < 4.78 is 37.6. The first kappa shape index (κ1) is 16.4. The standard InChI is InChI=1S/C17H10F3N5/c18-17(19,20)13-5-7-14(22-10-13)6-4-11-2-1-3-12(8-11)16-15(9-21)23-25-24-16/h1-8,10H,(H,23,24,25)/b6-4+. The normalized spacial score (nSPS) is 11.6. The minimum absolute atomic E-state index is 0.186. The lowest BCUT2D eigenvalue weighted by Crippen LogP contribution is -2.05. The maximum Gasteiger partial charge on any atom is 0.417 e. The molecule has 0 bridgehead atoms. The van der Waals surface area contributed by atoms with Crippen LogP contribution in [-0.2, 0) is 6.18 Å². The van der Waals surface area contributed by atoms with Gasteiger partial charge in [0.25, 0.3) is 0 Å². The molecule has 124 valence electrons. The van der Waals surface area contributed by atoms with Crippen LogP contribution in [0, 0.1) is 11.3 Å². The Morgan fingerprint density at radius 3 is 2.60 bits per heavy atom. The van der Waals surface area contributed by atoms with Gasteiger partial charge in [-0.25, -0.2) is 0 Å². The third-order valence-electron chi connectivity index (χ3n) is 3.37. The molecule has 25 heavy (non-hydrogen) atoms. The van der Waals surface area contributed by atoms with Crippen molar-refractivity contribution >= 4 is 12.2 Å². The van der Waals surface area contributed by atoms with Crippen LogP contribution in [0.1, 0.15) is 22.5 Å². The number of nitrogens with zero attached hydrogens (tertiary/aromatic N) is 4. The molecule has 0 radical (unpaired) electrons. The molecule has 1 aromatic carbocycles. The predicted molar refractivity (Wildman–Crippen MR) is 84.7 cm³/mol. The zero-order valence-electron chi connectivity index (χ0n) is 12.6. The van der Waals surface area contributed by atoms with Gasteiger partial charge in [0.05, 0.1) is 11.3 Å². The number of H-pyrrole nitrogens is 1. The molecule has 0 aliphatic heterocycles. The largest absolute Gasteiger partial charge is 0.417 e. The van der Waals surface area contributed by atoms with E-state index in [4.69, 9.17) is 5.26 Å². The lowest BCUT2D eigenvalue weighted by molar-refractivity contribution is -0.137. The summed E-state index contributed by atoms with van der Waals surface area (Å²) in [7, 11) is 0. The maximum absolute atomic E-state index is 12.5. The monoisotopic (exact) mass is 341 g/mol. The summed E-state index contributed by atoms with van der Waals surface area (Å²) in [5.74, 6) is 0. The van der Waals surface area contributed by atoms with Crippen LogP contribution in [0.5, 0.6) is 0 Å². The van der Waals surface area contributed by atoms with Gasteiger partial charge in [0.2, 0.25) is 0 Å². The Bertz CT molecular complexity index is 949. The average Bonchev–Trinajstić information content (AvgIpc) is 3.08. The smallest absolute Gasteiger partial charge is 0.256 e. The first-order valence-electron chi connectivity index (χ1n) is 7.10. The number of hydrogen-bond acceptors (Lipinski definition) is 4. The van der Waals surface area contributed by atoms with E-state index in [-0.39, 0.29) is 5.69 Å². The average molecular weight is 341 g/mol. The summed E-state index contributed by atoms with van der Waals surface area (Å²) in [6.45, 7) is 0. The Hall–Kier alpha value is -3.47. The summed E-state index contributed by atoms with van der Waals surface area (Å²) in [6, 6.07) is 11.4. The Morgan fingerprint density at radius 1 is 1.08 bits per heavy atom. The van der Waals surface area contributed by atoms with Crippen LogP contribution in [0.15, 0.2) is 42.6 Å². The number of aromatic nitrogens is 4. The highest BCUT2D eigenvalue weighted by molar-refractivity contribution is 5.73. The van der Waals surface area contributed by atoms with Gasteiger partial charge < -0.3 is 0 Å².